The zero-order chi connectivity index (χ0) is 20.9. The van der Waals surface area contributed by atoms with Crippen LogP contribution in [0.3, 0.4) is 0 Å². The van der Waals surface area contributed by atoms with Crippen molar-refractivity contribution in [3.05, 3.63) is 39.4 Å². The van der Waals surface area contributed by atoms with Gasteiger partial charge in [0.1, 0.15) is 5.60 Å². The number of carbonyl (C=O) groups excluding carboxylic acids is 2. The SMILES string of the molecule is Cc1ccc([N+](=O)[O-])cc1C(=O)NCC1(NC(=O)OC(C)(C)C)CCCCC1. The largest absolute Gasteiger partial charge is 0.444 e. The van der Waals surface area contributed by atoms with Crippen LogP contribution in [0.25, 0.3) is 0 Å². The van der Waals surface area contributed by atoms with Crippen molar-refractivity contribution < 1.29 is 19.2 Å². The van der Waals surface area contributed by atoms with Crippen LogP contribution >= 0.6 is 0 Å². The number of hydrogen-bond acceptors (Lipinski definition) is 5. The first kappa shape index (κ1) is 21.7. The predicted octanol–water partition coefficient (Wildman–Crippen LogP) is 3.86. The number of non-ortho nitro benzene ring substituents is 1. The highest BCUT2D eigenvalue weighted by molar-refractivity contribution is 5.96. The molecule has 0 saturated heterocycles. The van der Waals surface area contributed by atoms with Crippen molar-refractivity contribution in [2.24, 2.45) is 0 Å². The average molecular weight is 391 g/mol. The van der Waals surface area contributed by atoms with E-state index >= 15 is 0 Å². The first-order chi connectivity index (χ1) is 13.0. The Morgan fingerprint density at radius 1 is 1.21 bits per heavy atom. The Labute approximate surface area is 165 Å². The molecule has 2 amide bonds. The predicted molar refractivity (Wildman–Crippen MR) is 105 cm³/mol. The van der Waals surface area contributed by atoms with Gasteiger partial charge in [0.25, 0.3) is 11.6 Å². The summed E-state index contributed by atoms with van der Waals surface area (Å²) in [6.07, 6.45) is 3.94. The molecule has 0 unspecified atom stereocenters. The second-order valence-electron chi connectivity index (χ2n) is 8.41. The van der Waals surface area contributed by atoms with Gasteiger partial charge in [0, 0.05) is 24.2 Å². The van der Waals surface area contributed by atoms with Crippen molar-refractivity contribution in [3.63, 3.8) is 0 Å². The molecule has 1 fully saturated rings. The van der Waals surface area contributed by atoms with Crippen LogP contribution in [0.2, 0.25) is 0 Å². The van der Waals surface area contributed by atoms with Crippen LogP contribution in [0, 0.1) is 17.0 Å². The molecule has 0 aromatic heterocycles. The fraction of sp³-hybridized carbons (Fsp3) is 0.600. The average Bonchev–Trinajstić information content (AvgIpc) is 2.59. The van der Waals surface area contributed by atoms with Gasteiger partial charge >= 0.3 is 6.09 Å². The maximum absolute atomic E-state index is 12.7. The van der Waals surface area contributed by atoms with E-state index in [2.05, 4.69) is 10.6 Å². The third kappa shape index (κ3) is 5.94. The molecule has 8 nitrogen and oxygen atoms in total. The Bertz CT molecular complexity index is 749. The lowest BCUT2D eigenvalue weighted by molar-refractivity contribution is -0.384. The highest BCUT2D eigenvalue weighted by Crippen LogP contribution is 2.28. The van der Waals surface area contributed by atoms with Crippen molar-refractivity contribution in [1.29, 1.82) is 0 Å². The van der Waals surface area contributed by atoms with Crippen molar-refractivity contribution in [2.45, 2.75) is 70.9 Å². The molecule has 0 radical (unpaired) electrons. The zero-order valence-electron chi connectivity index (χ0n) is 17.0. The summed E-state index contributed by atoms with van der Waals surface area (Å²) >= 11 is 0. The molecule has 2 N–H and O–H groups in total. The highest BCUT2D eigenvalue weighted by Gasteiger charge is 2.35. The van der Waals surface area contributed by atoms with Gasteiger partial charge in [0.15, 0.2) is 0 Å². The van der Waals surface area contributed by atoms with Crippen LogP contribution in [-0.2, 0) is 4.74 Å². The molecule has 1 saturated carbocycles. The Morgan fingerprint density at radius 3 is 2.43 bits per heavy atom. The number of ether oxygens (including phenoxy) is 1. The topological polar surface area (TPSA) is 111 Å². The van der Waals surface area contributed by atoms with E-state index in [4.69, 9.17) is 4.74 Å². The monoisotopic (exact) mass is 391 g/mol. The van der Waals surface area contributed by atoms with Gasteiger partial charge in [-0.05, 0) is 46.1 Å². The fourth-order valence-electron chi connectivity index (χ4n) is 3.41. The van der Waals surface area contributed by atoms with E-state index < -0.39 is 28.1 Å². The molecule has 0 spiro atoms. The summed E-state index contributed by atoms with van der Waals surface area (Å²) in [5.41, 5.74) is -0.401. The van der Waals surface area contributed by atoms with Crippen molar-refractivity contribution in [3.8, 4) is 0 Å². The van der Waals surface area contributed by atoms with E-state index in [1.54, 1.807) is 33.8 Å². The second-order valence-corrected chi connectivity index (χ2v) is 8.41. The van der Waals surface area contributed by atoms with Crippen LogP contribution in [0.1, 0.15) is 68.8 Å². The highest BCUT2D eigenvalue weighted by atomic mass is 16.6. The zero-order valence-corrected chi connectivity index (χ0v) is 17.0. The standard InChI is InChI=1S/C20H29N3O5/c1-14-8-9-15(23(26)27)12-16(14)17(24)21-13-20(10-6-5-7-11-20)22-18(25)28-19(2,3)4/h8-9,12H,5-7,10-11,13H2,1-4H3,(H,21,24)(H,22,25). The maximum Gasteiger partial charge on any atom is 0.408 e. The van der Waals surface area contributed by atoms with Gasteiger partial charge in [0.2, 0.25) is 0 Å². The first-order valence-corrected chi connectivity index (χ1v) is 9.56. The molecular weight excluding hydrogens is 362 g/mol. The summed E-state index contributed by atoms with van der Waals surface area (Å²) in [6, 6.07) is 4.21. The van der Waals surface area contributed by atoms with Crippen LogP contribution in [-0.4, -0.2) is 34.6 Å². The van der Waals surface area contributed by atoms with E-state index in [1.807, 2.05) is 0 Å². The Hall–Kier alpha value is -2.64. The molecule has 1 aromatic rings. The van der Waals surface area contributed by atoms with Crippen molar-refractivity contribution >= 4 is 17.7 Å². The van der Waals surface area contributed by atoms with Gasteiger partial charge in [-0.25, -0.2) is 4.79 Å². The number of amides is 2. The number of rotatable bonds is 5. The lowest BCUT2D eigenvalue weighted by Crippen LogP contribution is -2.57. The number of nitrogens with zero attached hydrogens (tertiary/aromatic N) is 1. The quantitative estimate of drug-likeness (QED) is 0.585. The molecule has 1 aromatic carbocycles. The second kappa shape index (κ2) is 8.58. The van der Waals surface area contributed by atoms with E-state index in [0.29, 0.717) is 5.56 Å². The first-order valence-electron chi connectivity index (χ1n) is 9.56. The van der Waals surface area contributed by atoms with Crippen LogP contribution in [0.5, 0.6) is 0 Å². The van der Waals surface area contributed by atoms with Crippen LogP contribution in [0.4, 0.5) is 10.5 Å². The van der Waals surface area contributed by atoms with Gasteiger partial charge in [-0.15, -0.1) is 0 Å². The molecule has 0 bridgehead atoms. The minimum atomic E-state index is -0.608. The summed E-state index contributed by atoms with van der Waals surface area (Å²) < 4.78 is 5.38. The van der Waals surface area contributed by atoms with Gasteiger partial charge in [-0.2, -0.15) is 0 Å². The van der Waals surface area contributed by atoms with Crippen molar-refractivity contribution in [2.75, 3.05) is 6.54 Å². The molecule has 1 aliphatic rings. The molecule has 0 heterocycles. The number of alkyl carbamates (subject to hydrolysis) is 1. The van der Waals surface area contributed by atoms with Gasteiger partial charge in [0.05, 0.1) is 10.5 Å². The molecular formula is C20H29N3O5. The lowest BCUT2D eigenvalue weighted by Gasteiger charge is -2.38. The summed E-state index contributed by atoms with van der Waals surface area (Å²) in [4.78, 5) is 35.4. The van der Waals surface area contributed by atoms with Crippen LogP contribution < -0.4 is 10.6 Å². The summed E-state index contributed by atoms with van der Waals surface area (Å²) in [6.45, 7) is 7.37. The Kier molecular flexibility index (Phi) is 6.64. The van der Waals surface area contributed by atoms with Crippen LogP contribution in [0.15, 0.2) is 18.2 Å². The van der Waals surface area contributed by atoms with Gasteiger partial charge in [-0.3, -0.25) is 14.9 Å². The molecule has 154 valence electrons. The summed E-state index contributed by atoms with van der Waals surface area (Å²) in [7, 11) is 0. The number of nitro benzene ring substituents is 1. The fourth-order valence-corrected chi connectivity index (χ4v) is 3.41. The normalized spacial score (nSPS) is 16.1. The Morgan fingerprint density at radius 2 is 1.86 bits per heavy atom. The number of nitrogens with one attached hydrogen (secondary N) is 2. The van der Waals surface area contributed by atoms with Crippen molar-refractivity contribution in [1.82, 2.24) is 10.6 Å². The number of aryl methyl sites for hydroxylation is 1. The molecule has 2 rings (SSSR count). The maximum atomic E-state index is 12.7. The molecule has 8 heteroatoms. The number of nitro groups is 1. The number of carbonyl (C=O) groups is 2. The molecule has 28 heavy (non-hydrogen) atoms. The Balaban J connectivity index is 2.11. The van der Waals surface area contributed by atoms with E-state index in [-0.39, 0.29) is 17.8 Å². The van der Waals surface area contributed by atoms with Gasteiger partial charge < -0.3 is 15.4 Å². The minimum Gasteiger partial charge on any atom is -0.444 e. The van der Waals surface area contributed by atoms with E-state index in [9.17, 15) is 19.7 Å². The lowest BCUT2D eigenvalue weighted by atomic mass is 9.81. The molecule has 0 aliphatic heterocycles. The summed E-state index contributed by atoms with van der Waals surface area (Å²) in [5, 5.41) is 16.8. The van der Waals surface area contributed by atoms with Gasteiger partial charge in [-0.1, -0.05) is 25.3 Å². The summed E-state index contributed by atoms with van der Waals surface area (Å²) in [5.74, 6) is -0.392. The number of benzene rings is 1. The molecule has 1 aliphatic carbocycles. The van der Waals surface area contributed by atoms with E-state index in [0.717, 1.165) is 32.1 Å². The number of hydrogen-bond donors (Lipinski definition) is 2. The third-order valence-electron chi connectivity index (χ3n) is 4.84. The van der Waals surface area contributed by atoms with E-state index in [1.165, 1.54) is 12.1 Å². The smallest absolute Gasteiger partial charge is 0.408 e. The minimum absolute atomic E-state index is 0.130. The third-order valence-corrected chi connectivity index (χ3v) is 4.84. The molecule has 0 atom stereocenters.